The summed E-state index contributed by atoms with van der Waals surface area (Å²) in [6.45, 7) is 4.15. The molecule has 0 aliphatic carbocycles. The maximum absolute atomic E-state index is 12.1. The lowest BCUT2D eigenvalue weighted by Gasteiger charge is -2.11. The number of aliphatic hydroxyl groups is 1. The van der Waals surface area contributed by atoms with Crippen LogP contribution in [0.1, 0.15) is 25.3 Å². The van der Waals surface area contributed by atoms with E-state index in [1.165, 1.54) is 6.07 Å². The van der Waals surface area contributed by atoms with Gasteiger partial charge in [-0.1, -0.05) is 6.92 Å². The molecular weight excluding hydrogens is 264 g/mol. The number of benzene rings is 1. The molecule has 1 atom stereocenters. The molecule has 1 aromatic carbocycles. The molecule has 0 aliphatic heterocycles. The van der Waals surface area contributed by atoms with Gasteiger partial charge in [0.05, 0.1) is 4.90 Å². The third-order valence-electron chi connectivity index (χ3n) is 2.97. The van der Waals surface area contributed by atoms with E-state index in [1.54, 1.807) is 19.1 Å². The first-order valence-corrected chi connectivity index (χ1v) is 7.82. The number of hydrogen-bond donors (Lipinski definition) is 3. The number of anilines is 1. The number of aliphatic hydroxyl groups excluding tert-OH is 1. The number of nitrogens with one attached hydrogen (secondary N) is 1. The summed E-state index contributed by atoms with van der Waals surface area (Å²) in [7, 11) is -3.48. The highest BCUT2D eigenvalue weighted by molar-refractivity contribution is 7.89. The summed E-state index contributed by atoms with van der Waals surface area (Å²) in [5, 5.41) is 8.88. The van der Waals surface area contributed by atoms with Crippen molar-refractivity contribution < 1.29 is 13.5 Å². The number of nitrogen functional groups attached to an aromatic ring is 1. The largest absolute Gasteiger partial charge is 0.399 e. The third kappa shape index (κ3) is 4.81. The van der Waals surface area contributed by atoms with Crippen LogP contribution < -0.4 is 10.5 Å². The van der Waals surface area contributed by atoms with Gasteiger partial charge >= 0.3 is 0 Å². The Labute approximate surface area is 114 Å². The number of sulfonamides is 1. The highest BCUT2D eigenvalue weighted by Gasteiger charge is 2.16. The van der Waals surface area contributed by atoms with Crippen LogP contribution in [0.5, 0.6) is 0 Å². The van der Waals surface area contributed by atoms with Crippen LogP contribution in [0.15, 0.2) is 23.1 Å². The molecule has 0 bridgehead atoms. The minimum atomic E-state index is -3.48. The molecule has 0 radical (unpaired) electrons. The van der Waals surface area contributed by atoms with Gasteiger partial charge < -0.3 is 10.8 Å². The van der Waals surface area contributed by atoms with Crippen molar-refractivity contribution in [1.29, 1.82) is 0 Å². The molecule has 1 unspecified atom stereocenters. The van der Waals surface area contributed by atoms with Crippen LogP contribution in [0.3, 0.4) is 0 Å². The standard InChI is InChI=1S/C13H22N2O3S/c1-10(9-16)4-3-7-15-19(17,18)13-6-5-12(14)8-11(13)2/h5-6,8,10,15-16H,3-4,7,9,14H2,1-2H3. The van der Waals surface area contributed by atoms with Crippen molar-refractivity contribution in [3.05, 3.63) is 23.8 Å². The molecule has 0 fully saturated rings. The Morgan fingerprint density at radius 1 is 1.42 bits per heavy atom. The monoisotopic (exact) mass is 286 g/mol. The van der Waals surface area contributed by atoms with Crippen LogP contribution in [0, 0.1) is 12.8 Å². The van der Waals surface area contributed by atoms with Crippen LogP contribution in [0.4, 0.5) is 5.69 Å². The van der Waals surface area contributed by atoms with Crippen molar-refractivity contribution in [1.82, 2.24) is 4.72 Å². The third-order valence-corrected chi connectivity index (χ3v) is 4.59. The van der Waals surface area contributed by atoms with E-state index in [2.05, 4.69) is 4.72 Å². The predicted octanol–water partition coefficient (Wildman–Crippen LogP) is 1.26. The van der Waals surface area contributed by atoms with Crippen molar-refractivity contribution in [3.63, 3.8) is 0 Å². The van der Waals surface area contributed by atoms with E-state index in [9.17, 15) is 8.42 Å². The summed E-state index contributed by atoms with van der Waals surface area (Å²) in [4.78, 5) is 0.261. The molecule has 19 heavy (non-hydrogen) atoms. The molecule has 0 amide bonds. The van der Waals surface area contributed by atoms with Gasteiger partial charge in [0, 0.05) is 18.8 Å². The van der Waals surface area contributed by atoms with Crippen LogP contribution in [-0.4, -0.2) is 26.7 Å². The average Bonchev–Trinajstić information content (AvgIpc) is 2.33. The lowest BCUT2D eigenvalue weighted by molar-refractivity contribution is 0.228. The van der Waals surface area contributed by atoms with Gasteiger partial charge in [-0.05, 0) is 49.4 Å². The summed E-state index contributed by atoms with van der Waals surface area (Å²) in [5.41, 5.74) is 6.79. The summed E-state index contributed by atoms with van der Waals surface area (Å²) < 4.78 is 26.7. The molecule has 0 heterocycles. The minimum absolute atomic E-state index is 0.129. The number of rotatable bonds is 7. The Bertz CT molecular complexity index is 515. The predicted molar refractivity (Wildman–Crippen MR) is 76.3 cm³/mol. The van der Waals surface area contributed by atoms with Crippen LogP contribution in [0.2, 0.25) is 0 Å². The maximum Gasteiger partial charge on any atom is 0.240 e. The molecule has 0 aromatic heterocycles. The van der Waals surface area contributed by atoms with E-state index in [0.29, 0.717) is 24.2 Å². The highest BCUT2D eigenvalue weighted by Crippen LogP contribution is 2.17. The van der Waals surface area contributed by atoms with E-state index >= 15 is 0 Å². The zero-order valence-corrected chi connectivity index (χ0v) is 12.2. The second-order valence-electron chi connectivity index (χ2n) is 4.85. The quantitative estimate of drug-likeness (QED) is 0.520. The smallest absolute Gasteiger partial charge is 0.240 e. The van der Waals surface area contributed by atoms with E-state index in [-0.39, 0.29) is 17.4 Å². The van der Waals surface area contributed by atoms with Crippen molar-refractivity contribution in [2.45, 2.75) is 31.6 Å². The van der Waals surface area contributed by atoms with Crippen molar-refractivity contribution >= 4 is 15.7 Å². The fourth-order valence-electron chi connectivity index (χ4n) is 1.80. The fraction of sp³-hybridized carbons (Fsp3) is 0.538. The van der Waals surface area contributed by atoms with Gasteiger partial charge in [-0.2, -0.15) is 0 Å². The highest BCUT2D eigenvalue weighted by atomic mass is 32.2. The normalized spacial score (nSPS) is 13.4. The van der Waals surface area contributed by atoms with E-state index in [4.69, 9.17) is 10.8 Å². The maximum atomic E-state index is 12.1. The summed E-state index contributed by atoms with van der Waals surface area (Å²) in [6.07, 6.45) is 1.49. The first-order chi connectivity index (χ1) is 8.86. The minimum Gasteiger partial charge on any atom is -0.399 e. The zero-order chi connectivity index (χ0) is 14.5. The topological polar surface area (TPSA) is 92.4 Å². The Balaban J connectivity index is 2.61. The molecule has 5 nitrogen and oxygen atoms in total. The van der Waals surface area contributed by atoms with Gasteiger partial charge in [0.1, 0.15) is 0 Å². The molecule has 0 aliphatic rings. The number of nitrogens with two attached hydrogens (primary N) is 1. The van der Waals surface area contributed by atoms with E-state index < -0.39 is 10.0 Å². The Morgan fingerprint density at radius 2 is 2.11 bits per heavy atom. The molecule has 0 saturated carbocycles. The Morgan fingerprint density at radius 3 is 2.68 bits per heavy atom. The molecular formula is C13H22N2O3S. The van der Waals surface area contributed by atoms with E-state index in [0.717, 1.165) is 6.42 Å². The van der Waals surface area contributed by atoms with Crippen molar-refractivity contribution in [2.24, 2.45) is 5.92 Å². The SMILES string of the molecule is Cc1cc(N)ccc1S(=O)(=O)NCCCC(C)CO. The van der Waals surface area contributed by atoms with Crippen LogP contribution in [0.25, 0.3) is 0 Å². The van der Waals surface area contributed by atoms with Gasteiger partial charge in [-0.3, -0.25) is 0 Å². The van der Waals surface area contributed by atoms with Crippen molar-refractivity contribution in [2.75, 3.05) is 18.9 Å². The van der Waals surface area contributed by atoms with Gasteiger partial charge in [-0.15, -0.1) is 0 Å². The number of aryl methyl sites for hydroxylation is 1. The zero-order valence-electron chi connectivity index (χ0n) is 11.4. The molecule has 1 rings (SSSR count). The second-order valence-corrected chi connectivity index (χ2v) is 6.59. The van der Waals surface area contributed by atoms with Crippen molar-refractivity contribution in [3.8, 4) is 0 Å². The van der Waals surface area contributed by atoms with Crippen LogP contribution >= 0.6 is 0 Å². The summed E-state index contributed by atoms with van der Waals surface area (Å²) in [6, 6.07) is 4.74. The molecule has 0 spiro atoms. The van der Waals surface area contributed by atoms with E-state index in [1.807, 2.05) is 6.92 Å². The van der Waals surface area contributed by atoms with Gasteiger partial charge in [0.25, 0.3) is 0 Å². The van der Waals surface area contributed by atoms with Gasteiger partial charge in [0.15, 0.2) is 0 Å². The van der Waals surface area contributed by atoms with Crippen LogP contribution in [-0.2, 0) is 10.0 Å². The summed E-state index contributed by atoms with van der Waals surface area (Å²) >= 11 is 0. The van der Waals surface area contributed by atoms with Gasteiger partial charge in [-0.25, -0.2) is 13.1 Å². The first kappa shape index (κ1) is 15.9. The fourth-order valence-corrected chi connectivity index (χ4v) is 3.10. The molecule has 108 valence electrons. The molecule has 6 heteroatoms. The van der Waals surface area contributed by atoms with Gasteiger partial charge in [0.2, 0.25) is 10.0 Å². The molecule has 1 aromatic rings. The summed E-state index contributed by atoms with van der Waals surface area (Å²) in [5.74, 6) is 0.197. The molecule has 4 N–H and O–H groups in total. The number of hydrogen-bond acceptors (Lipinski definition) is 4. The lowest BCUT2D eigenvalue weighted by atomic mass is 10.1. The second kappa shape index (κ2) is 6.88. The lowest BCUT2D eigenvalue weighted by Crippen LogP contribution is -2.26. The average molecular weight is 286 g/mol. The Kier molecular flexibility index (Phi) is 5.78. The first-order valence-electron chi connectivity index (χ1n) is 6.33. The molecule has 0 saturated heterocycles. The Hall–Kier alpha value is -1.11.